The summed E-state index contributed by atoms with van der Waals surface area (Å²) in [5.41, 5.74) is 0.446. The zero-order valence-corrected chi connectivity index (χ0v) is 12.5. The van der Waals surface area contributed by atoms with Gasteiger partial charge in [-0.25, -0.2) is 4.84 Å². The summed E-state index contributed by atoms with van der Waals surface area (Å²) in [6.07, 6.45) is 4.98. The van der Waals surface area contributed by atoms with E-state index in [4.69, 9.17) is 11.8 Å². The Bertz CT molecular complexity index is 431. The third-order valence-electron chi connectivity index (χ3n) is 4.98. The van der Waals surface area contributed by atoms with Crippen LogP contribution in [0.25, 0.3) is 0 Å². The molecule has 4 heteroatoms. The number of rotatable bonds is 3. The Labute approximate surface area is 126 Å². The molecule has 2 N–H and O–H groups in total. The maximum absolute atomic E-state index is 10.8. The van der Waals surface area contributed by atoms with Crippen molar-refractivity contribution in [1.29, 1.82) is 0 Å². The minimum Gasteiger partial charge on any atom is -0.385 e. The van der Waals surface area contributed by atoms with Gasteiger partial charge < -0.3 is 5.11 Å². The summed E-state index contributed by atoms with van der Waals surface area (Å²) < 4.78 is 0. The number of hydrogen-bond donors (Lipinski definition) is 2. The highest BCUT2D eigenvalue weighted by atomic mass is 35.5. The Kier molecular flexibility index (Phi) is 4.32. The van der Waals surface area contributed by atoms with E-state index < -0.39 is 5.60 Å². The van der Waals surface area contributed by atoms with Crippen LogP contribution in [0.2, 0.25) is 0 Å². The fourth-order valence-electron chi connectivity index (χ4n) is 3.69. The Morgan fingerprint density at radius 1 is 1.15 bits per heavy atom. The van der Waals surface area contributed by atoms with Gasteiger partial charge in [0.2, 0.25) is 0 Å². The van der Waals surface area contributed by atoms with Crippen molar-refractivity contribution in [3.8, 4) is 0 Å². The van der Waals surface area contributed by atoms with Crippen LogP contribution in [0.15, 0.2) is 30.3 Å². The Balaban J connectivity index is 1.60. The molecule has 0 radical (unpaired) electrons. The van der Waals surface area contributed by atoms with Crippen LogP contribution in [0.4, 0.5) is 0 Å². The summed E-state index contributed by atoms with van der Waals surface area (Å²) in [5, 5.41) is 10.8. The van der Waals surface area contributed by atoms with Gasteiger partial charge in [0.05, 0.1) is 5.60 Å². The first kappa shape index (κ1) is 14.3. The van der Waals surface area contributed by atoms with Gasteiger partial charge in [-0.1, -0.05) is 30.3 Å². The summed E-state index contributed by atoms with van der Waals surface area (Å²) in [5.74, 6) is 0. The van der Waals surface area contributed by atoms with Gasteiger partial charge in [0.1, 0.15) is 0 Å². The molecule has 0 aromatic heterocycles. The zero-order valence-electron chi connectivity index (χ0n) is 11.8. The van der Waals surface area contributed by atoms with E-state index in [1.165, 1.54) is 0 Å². The Morgan fingerprint density at radius 2 is 1.85 bits per heavy atom. The molecule has 0 bridgehead atoms. The second-order valence-corrected chi connectivity index (χ2v) is 6.44. The summed E-state index contributed by atoms with van der Waals surface area (Å²) in [4.78, 5) is 5.39. The highest BCUT2D eigenvalue weighted by Crippen LogP contribution is 2.39. The highest BCUT2D eigenvalue weighted by molar-refractivity contribution is 6.13. The van der Waals surface area contributed by atoms with Crippen molar-refractivity contribution >= 4 is 11.8 Å². The lowest BCUT2D eigenvalue weighted by Crippen LogP contribution is -2.42. The van der Waals surface area contributed by atoms with Crippen LogP contribution in [0.1, 0.15) is 37.7 Å². The molecule has 20 heavy (non-hydrogen) atoms. The van der Waals surface area contributed by atoms with Crippen LogP contribution < -0.4 is 4.84 Å². The van der Waals surface area contributed by atoms with Crippen LogP contribution >= 0.6 is 11.8 Å². The lowest BCUT2D eigenvalue weighted by atomic mass is 9.77. The SMILES string of the molecule is OC1(c2ccccc2)CCC(N2CCC(NCl)C2)CC1. The van der Waals surface area contributed by atoms with Gasteiger partial charge >= 0.3 is 0 Å². The maximum atomic E-state index is 10.8. The van der Waals surface area contributed by atoms with Crippen LogP contribution in [0, 0.1) is 0 Å². The average Bonchev–Trinajstić information content (AvgIpc) is 2.98. The number of likely N-dealkylation sites (tertiary alicyclic amines) is 1. The fourth-order valence-corrected chi connectivity index (χ4v) is 3.87. The van der Waals surface area contributed by atoms with Crippen LogP contribution in [-0.4, -0.2) is 35.2 Å². The van der Waals surface area contributed by atoms with Crippen LogP contribution in [0.5, 0.6) is 0 Å². The minimum atomic E-state index is -0.623. The molecule has 1 heterocycles. The molecule has 3 nitrogen and oxygen atoms in total. The molecule has 1 aliphatic carbocycles. The average molecular weight is 295 g/mol. The number of hydrogen-bond acceptors (Lipinski definition) is 3. The monoisotopic (exact) mass is 294 g/mol. The van der Waals surface area contributed by atoms with E-state index in [1.807, 2.05) is 30.3 Å². The fraction of sp³-hybridized carbons (Fsp3) is 0.625. The van der Waals surface area contributed by atoms with E-state index in [9.17, 15) is 5.11 Å². The summed E-state index contributed by atoms with van der Waals surface area (Å²) in [6.45, 7) is 2.16. The van der Waals surface area contributed by atoms with Gasteiger partial charge in [-0.15, -0.1) is 0 Å². The largest absolute Gasteiger partial charge is 0.385 e. The van der Waals surface area contributed by atoms with Crippen molar-refractivity contribution in [3.05, 3.63) is 35.9 Å². The molecule has 1 saturated carbocycles. The Hall–Kier alpha value is -0.610. The first-order chi connectivity index (χ1) is 9.71. The van der Waals surface area contributed by atoms with Crippen molar-refractivity contribution < 1.29 is 5.11 Å². The molecular weight excluding hydrogens is 272 g/mol. The van der Waals surface area contributed by atoms with Gasteiger partial charge in [0.25, 0.3) is 0 Å². The van der Waals surface area contributed by atoms with E-state index >= 15 is 0 Å². The van der Waals surface area contributed by atoms with Gasteiger partial charge in [-0.2, -0.15) is 0 Å². The van der Waals surface area contributed by atoms with E-state index in [2.05, 4.69) is 9.74 Å². The summed E-state index contributed by atoms with van der Waals surface area (Å²) in [6, 6.07) is 11.1. The smallest absolute Gasteiger partial charge is 0.0897 e. The van der Waals surface area contributed by atoms with Gasteiger partial charge in [-0.3, -0.25) is 4.90 Å². The predicted molar refractivity (Wildman–Crippen MR) is 81.6 cm³/mol. The number of nitrogens with one attached hydrogen (secondary N) is 1. The van der Waals surface area contributed by atoms with Crippen molar-refractivity contribution in [3.63, 3.8) is 0 Å². The van der Waals surface area contributed by atoms with Crippen LogP contribution in [0.3, 0.4) is 0 Å². The molecule has 1 aliphatic heterocycles. The summed E-state index contributed by atoms with van der Waals surface area (Å²) in [7, 11) is 0. The second kappa shape index (κ2) is 6.02. The van der Waals surface area contributed by atoms with Crippen LogP contribution in [-0.2, 0) is 5.60 Å². The summed E-state index contributed by atoms with van der Waals surface area (Å²) >= 11 is 5.72. The van der Waals surface area contributed by atoms with E-state index in [-0.39, 0.29) is 0 Å². The minimum absolute atomic E-state index is 0.423. The van der Waals surface area contributed by atoms with Gasteiger partial charge in [-0.05, 0) is 49.4 Å². The number of nitrogens with zero attached hydrogens (tertiary/aromatic N) is 1. The number of halogens is 1. The normalized spacial score (nSPS) is 35.3. The maximum Gasteiger partial charge on any atom is 0.0897 e. The van der Waals surface area contributed by atoms with Crippen molar-refractivity contribution in [2.45, 2.75) is 49.8 Å². The quantitative estimate of drug-likeness (QED) is 0.841. The van der Waals surface area contributed by atoms with Crippen molar-refractivity contribution in [2.75, 3.05) is 13.1 Å². The number of aliphatic hydroxyl groups is 1. The molecular formula is C16H23ClN2O. The lowest BCUT2D eigenvalue weighted by molar-refractivity contribution is -0.0223. The topological polar surface area (TPSA) is 35.5 Å². The zero-order chi connectivity index (χ0) is 14.0. The van der Waals surface area contributed by atoms with E-state index in [1.54, 1.807) is 0 Å². The standard InChI is InChI=1S/C16H23ClN2O/c17-18-14-8-11-19(12-14)15-6-9-16(20,10-7-15)13-4-2-1-3-5-13/h1-5,14-15,18,20H,6-12H2. The van der Waals surface area contributed by atoms with Crippen molar-refractivity contribution in [2.24, 2.45) is 0 Å². The molecule has 0 spiro atoms. The van der Waals surface area contributed by atoms with E-state index in [0.29, 0.717) is 12.1 Å². The van der Waals surface area contributed by atoms with Gasteiger partial charge in [0, 0.05) is 25.2 Å². The third kappa shape index (κ3) is 2.86. The first-order valence-corrected chi connectivity index (χ1v) is 7.97. The molecule has 1 saturated heterocycles. The van der Waals surface area contributed by atoms with Gasteiger partial charge in [0.15, 0.2) is 0 Å². The van der Waals surface area contributed by atoms with Crippen molar-refractivity contribution in [1.82, 2.24) is 9.74 Å². The molecule has 2 aliphatic rings. The number of benzene rings is 1. The first-order valence-electron chi connectivity index (χ1n) is 7.59. The highest BCUT2D eigenvalue weighted by Gasteiger charge is 2.38. The molecule has 1 aromatic carbocycles. The lowest BCUT2D eigenvalue weighted by Gasteiger charge is -2.40. The molecule has 110 valence electrons. The molecule has 1 unspecified atom stereocenters. The molecule has 3 rings (SSSR count). The molecule has 1 aromatic rings. The predicted octanol–water partition coefficient (Wildman–Crippen LogP) is 2.63. The van der Waals surface area contributed by atoms with E-state index in [0.717, 1.165) is 50.8 Å². The molecule has 2 fully saturated rings. The molecule has 0 amide bonds. The molecule has 1 atom stereocenters. The second-order valence-electron chi connectivity index (χ2n) is 6.22. The third-order valence-corrected chi connectivity index (χ3v) is 5.29. The Morgan fingerprint density at radius 3 is 2.45 bits per heavy atom.